The van der Waals surface area contributed by atoms with E-state index in [9.17, 15) is 9.59 Å². The number of likely N-dealkylation sites (N-methyl/N-ethyl adjacent to an activating group) is 1. The fraction of sp³-hybridized carbons (Fsp3) is 0.857. The van der Waals surface area contributed by atoms with Gasteiger partial charge in [-0.3, -0.25) is 14.5 Å². The van der Waals surface area contributed by atoms with Gasteiger partial charge in [0.1, 0.15) is 0 Å². The van der Waals surface area contributed by atoms with Crippen LogP contribution in [0.1, 0.15) is 34.1 Å². The monoisotopic (exact) mass is 285 g/mol. The number of carbonyl (C=O) groups is 2. The number of carboxylic acid groups (broad SMARTS) is 1. The Morgan fingerprint density at radius 2 is 1.90 bits per heavy atom. The molecule has 0 bridgehead atoms. The molecule has 1 saturated heterocycles. The Labute approximate surface area is 121 Å². The SMILES string of the molecule is CCN(C(=O)C(C)(C)N1CCNCC1)C(C)CC(=O)O. The highest BCUT2D eigenvalue weighted by molar-refractivity contribution is 5.86. The van der Waals surface area contributed by atoms with Gasteiger partial charge < -0.3 is 15.3 Å². The van der Waals surface area contributed by atoms with Gasteiger partial charge in [-0.1, -0.05) is 0 Å². The highest BCUT2D eigenvalue weighted by atomic mass is 16.4. The van der Waals surface area contributed by atoms with Gasteiger partial charge in [-0.2, -0.15) is 0 Å². The Morgan fingerprint density at radius 1 is 1.35 bits per heavy atom. The van der Waals surface area contributed by atoms with Crippen molar-refractivity contribution in [3.05, 3.63) is 0 Å². The maximum atomic E-state index is 12.8. The molecule has 20 heavy (non-hydrogen) atoms. The molecule has 0 aromatic rings. The van der Waals surface area contributed by atoms with Gasteiger partial charge in [0.05, 0.1) is 12.0 Å². The molecule has 0 spiro atoms. The number of nitrogens with zero attached hydrogens (tertiary/aromatic N) is 2. The van der Waals surface area contributed by atoms with Crippen molar-refractivity contribution < 1.29 is 14.7 Å². The van der Waals surface area contributed by atoms with Crippen LogP contribution in [-0.4, -0.2) is 71.1 Å². The molecule has 6 nitrogen and oxygen atoms in total. The molecule has 1 aliphatic rings. The quantitative estimate of drug-likeness (QED) is 0.738. The lowest BCUT2D eigenvalue weighted by molar-refractivity contribution is -0.147. The average Bonchev–Trinajstić information content (AvgIpc) is 2.39. The molecule has 116 valence electrons. The molecule has 1 rings (SSSR count). The number of nitrogens with one attached hydrogen (secondary N) is 1. The minimum absolute atomic E-state index is 0.00986. The molecular formula is C14H27N3O3. The number of amides is 1. The van der Waals surface area contributed by atoms with E-state index in [0.717, 1.165) is 26.2 Å². The van der Waals surface area contributed by atoms with Crippen LogP contribution in [0.2, 0.25) is 0 Å². The van der Waals surface area contributed by atoms with Crippen LogP contribution in [0.5, 0.6) is 0 Å². The van der Waals surface area contributed by atoms with E-state index in [2.05, 4.69) is 10.2 Å². The molecular weight excluding hydrogens is 258 g/mol. The zero-order valence-corrected chi connectivity index (χ0v) is 13.0. The average molecular weight is 285 g/mol. The minimum atomic E-state index is -0.872. The first-order valence-electron chi connectivity index (χ1n) is 7.29. The lowest BCUT2D eigenvalue weighted by atomic mass is 9.98. The van der Waals surface area contributed by atoms with Crippen LogP contribution in [0.25, 0.3) is 0 Å². The molecule has 1 aliphatic heterocycles. The number of hydrogen-bond acceptors (Lipinski definition) is 4. The van der Waals surface area contributed by atoms with Crippen molar-refractivity contribution in [1.82, 2.24) is 15.1 Å². The van der Waals surface area contributed by atoms with Crippen LogP contribution >= 0.6 is 0 Å². The molecule has 0 aromatic carbocycles. The summed E-state index contributed by atoms with van der Waals surface area (Å²) in [4.78, 5) is 27.5. The lowest BCUT2D eigenvalue weighted by Crippen LogP contribution is -2.61. The minimum Gasteiger partial charge on any atom is -0.481 e. The summed E-state index contributed by atoms with van der Waals surface area (Å²) in [5.74, 6) is -0.862. The number of aliphatic carboxylic acids is 1. The predicted molar refractivity (Wildman–Crippen MR) is 77.6 cm³/mol. The van der Waals surface area contributed by atoms with Gasteiger partial charge in [-0.15, -0.1) is 0 Å². The molecule has 0 radical (unpaired) electrons. The second-order valence-electron chi connectivity index (χ2n) is 5.83. The van der Waals surface area contributed by atoms with Gasteiger partial charge in [0.2, 0.25) is 5.91 Å². The van der Waals surface area contributed by atoms with Gasteiger partial charge in [-0.25, -0.2) is 0 Å². The Hall–Kier alpha value is -1.14. The van der Waals surface area contributed by atoms with E-state index in [1.165, 1.54) is 0 Å². The van der Waals surface area contributed by atoms with Crippen LogP contribution in [-0.2, 0) is 9.59 Å². The molecule has 1 amide bonds. The van der Waals surface area contributed by atoms with Crippen molar-refractivity contribution in [2.24, 2.45) is 0 Å². The third-order valence-corrected chi connectivity index (χ3v) is 4.03. The van der Waals surface area contributed by atoms with E-state index in [-0.39, 0.29) is 18.4 Å². The van der Waals surface area contributed by atoms with E-state index in [4.69, 9.17) is 5.11 Å². The lowest BCUT2D eigenvalue weighted by Gasteiger charge is -2.43. The van der Waals surface area contributed by atoms with Gasteiger partial charge in [0, 0.05) is 38.8 Å². The zero-order chi connectivity index (χ0) is 15.3. The number of piperazine rings is 1. The second kappa shape index (κ2) is 7.04. The Morgan fingerprint density at radius 3 is 2.35 bits per heavy atom. The molecule has 0 aliphatic carbocycles. The first-order valence-corrected chi connectivity index (χ1v) is 7.29. The van der Waals surface area contributed by atoms with Crippen molar-refractivity contribution in [1.29, 1.82) is 0 Å². The largest absolute Gasteiger partial charge is 0.481 e. The van der Waals surface area contributed by atoms with E-state index in [0.29, 0.717) is 6.54 Å². The highest BCUT2D eigenvalue weighted by Crippen LogP contribution is 2.20. The molecule has 2 N–H and O–H groups in total. The summed E-state index contributed by atoms with van der Waals surface area (Å²) >= 11 is 0. The van der Waals surface area contributed by atoms with E-state index < -0.39 is 11.5 Å². The normalized spacial score (nSPS) is 18.6. The molecule has 6 heteroatoms. The number of rotatable bonds is 6. The summed E-state index contributed by atoms with van der Waals surface area (Å²) in [5.41, 5.74) is -0.592. The summed E-state index contributed by atoms with van der Waals surface area (Å²) in [7, 11) is 0. The highest BCUT2D eigenvalue weighted by Gasteiger charge is 2.39. The Balaban J connectivity index is 2.79. The van der Waals surface area contributed by atoms with Crippen molar-refractivity contribution in [2.45, 2.75) is 45.7 Å². The summed E-state index contributed by atoms with van der Waals surface area (Å²) in [6.45, 7) is 11.5. The van der Waals surface area contributed by atoms with Crippen molar-refractivity contribution in [2.75, 3.05) is 32.7 Å². The van der Waals surface area contributed by atoms with Crippen LogP contribution in [0.3, 0.4) is 0 Å². The van der Waals surface area contributed by atoms with Gasteiger partial charge in [0.15, 0.2) is 0 Å². The van der Waals surface area contributed by atoms with E-state index in [1.807, 2.05) is 20.8 Å². The first-order chi connectivity index (χ1) is 9.30. The summed E-state index contributed by atoms with van der Waals surface area (Å²) in [6.07, 6.45) is -0.0167. The van der Waals surface area contributed by atoms with Gasteiger partial charge in [-0.05, 0) is 27.7 Å². The Kier molecular flexibility index (Phi) is 5.95. The number of carbonyl (C=O) groups excluding carboxylic acids is 1. The maximum absolute atomic E-state index is 12.8. The van der Waals surface area contributed by atoms with Crippen LogP contribution < -0.4 is 5.32 Å². The molecule has 1 atom stereocenters. The van der Waals surface area contributed by atoms with Crippen molar-refractivity contribution >= 4 is 11.9 Å². The molecule has 0 aromatic heterocycles. The molecule has 1 fully saturated rings. The third-order valence-electron chi connectivity index (χ3n) is 4.03. The summed E-state index contributed by atoms with van der Waals surface area (Å²) in [5, 5.41) is 12.2. The van der Waals surface area contributed by atoms with E-state index in [1.54, 1.807) is 11.8 Å². The van der Waals surface area contributed by atoms with Crippen LogP contribution in [0, 0.1) is 0 Å². The van der Waals surface area contributed by atoms with Gasteiger partial charge in [0.25, 0.3) is 0 Å². The fourth-order valence-electron chi connectivity index (χ4n) is 2.73. The van der Waals surface area contributed by atoms with Crippen LogP contribution in [0.4, 0.5) is 0 Å². The smallest absolute Gasteiger partial charge is 0.305 e. The number of hydrogen-bond donors (Lipinski definition) is 2. The Bertz CT molecular complexity index is 352. The standard InChI is InChI=1S/C14H27N3O3/c1-5-17(11(2)10-12(18)19)13(20)14(3,4)16-8-6-15-7-9-16/h11,15H,5-10H2,1-4H3,(H,18,19). The summed E-state index contributed by atoms with van der Waals surface area (Å²) < 4.78 is 0. The zero-order valence-electron chi connectivity index (χ0n) is 13.0. The number of carboxylic acids is 1. The first kappa shape index (κ1) is 16.9. The summed E-state index contributed by atoms with van der Waals surface area (Å²) in [6, 6.07) is -0.285. The fourth-order valence-corrected chi connectivity index (χ4v) is 2.73. The molecule has 1 unspecified atom stereocenters. The second-order valence-corrected chi connectivity index (χ2v) is 5.83. The van der Waals surface area contributed by atoms with Gasteiger partial charge >= 0.3 is 5.97 Å². The predicted octanol–water partition coefficient (Wildman–Crippen LogP) is 0.382. The van der Waals surface area contributed by atoms with E-state index >= 15 is 0 Å². The van der Waals surface area contributed by atoms with Crippen molar-refractivity contribution in [3.8, 4) is 0 Å². The molecule has 1 heterocycles. The van der Waals surface area contributed by atoms with Crippen molar-refractivity contribution in [3.63, 3.8) is 0 Å². The third kappa shape index (κ3) is 3.93. The van der Waals surface area contributed by atoms with Crippen LogP contribution in [0.15, 0.2) is 0 Å². The topological polar surface area (TPSA) is 72.9 Å². The maximum Gasteiger partial charge on any atom is 0.305 e. The molecule has 0 saturated carbocycles.